The van der Waals surface area contributed by atoms with Gasteiger partial charge >= 0.3 is 11.9 Å². The van der Waals surface area contributed by atoms with Crippen molar-refractivity contribution in [2.24, 2.45) is 29.1 Å². The maximum absolute atomic E-state index is 13.3. The number of carbonyl (C=O) groups is 2. The number of rotatable bonds is 6. The van der Waals surface area contributed by atoms with Gasteiger partial charge in [0.15, 0.2) is 0 Å². The van der Waals surface area contributed by atoms with Crippen LogP contribution in [0.3, 0.4) is 0 Å². The molecule has 1 aromatic carbocycles. The molecule has 4 saturated carbocycles. The molecule has 0 amide bonds. The predicted octanol–water partition coefficient (Wildman–Crippen LogP) is 5.74. The third-order valence-electron chi connectivity index (χ3n) is 7.76. The average Bonchev–Trinajstić information content (AvgIpc) is 2.67. The smallest absolute Gasteiger partial charge is 0.341 e. The summed E-state index contributed by atoms with van der Waals surface area (Å²) in [6.07, 6.45) is 7.69. The summed E-state index contributed by atoms with van der Waals surface area (Å²) in [5.41, 5.74) is 1.12. The lowest BCUT2D eigenvalue weighted by Gasteiger charge is -2.55. The van der Waals surface area contributed by atoms with Crippen molar-refractivity contribution in [3.63, 3.8) is 0 Å². The molecule has 0 aliphatic heterocycles. The van der Waals surface area contributed by atoms with E-state index in [9.17, 15) is 9.59 Å². The molecule has 1 atom stereocenters. The van der Waals surface area contributed by atoms with Crippen LogP contribution in [0.2, 0.25) is 0 Å². The van der Waals surface area contributed by atoms with Gasteiger partial charge in [0, 0.05) is 0 Å². The SMILES string of the molecule is CCC(c1ccc(OC(=O)C23CC4CC(CC(C4)C2)C3)c(C(=O)OC)c1)C(C)C. The van der Waals surface area contributed by atoms with Crippen molar-refractivity contribution in [1.29, 1.82) is 0 Å². The molecule has 4 nitrogen and oxygen atoms in total. The molecule has 0 spiro atoms. The zero-order valence-corrected chi connectivity index (χ0v) is 18.2. The Morgan fingerprint density at radius 1 is 1.07 bits per heavy atom. The maximum Gasteiger partial charge on any atom is 0.341 e. The molecule has 29 heavy (non-hydrogen) atoms. The number of ether oxygens (including phenoxy) is 2. The second-order valence-electron chi connectivity index (χ2n) is 10.1. The first kappa shape index (κ1) is 20.4. The molecule has 0 N–H and O–H groups in total. The van der Waals surface area contributed by atoms with Crippen LogP contribution in [0.15, 0.2) is 18.2 Å². The third kappa shape index (κ3) is 3.71. The van der Waals surface area contributed by atoms with E-state index in [4.69, 9.17) is 9.47 Å². The van der Waals surface area contributed by atoms with Crippen molar-refractivity contribution in [3.05, 3.63) is 29.3 Å². The largest absolute Gasteiger partial charge is 0.465 e. The van der Waals surface area contributed by atoms with Gasteiger partial charge in [-0.2, -0.15) is 0 Å². The molecule has 1 aromatic rings. The van der Waals surface area contributed by atoms with Crippen LogP contribution in [-0.2, 0) is 9.53 Å². The van der Waals surface area contributed by atoms with Crippen LogP contribution in [0.25, 0.3) is 0 Å². The Morgan fingerprint density at radius 2 is 1.66 bits per heavy atom. The summed E-state index contributed by atoms with van der Waals surface area (Å²) in [5, 5.41) is 0. The van der Waals surface area contributed by atoms with E-state index in [0.29, 0.717) is 40.9 Å². The Labute approximate surface area is 174 Å². The van der Waals surface area contributed by atoms with Crippen LogP contribution < -0.4 is 4.74 Å². The quantitative estimate of drug-likeness (QED) is 0.453. The molecule has 5 rings (SSSR count). The molecule has 158 valence electrons. The monoisotopic (exact) mass is 398 g/mol. The molecule has 0 saturated heterocycles. The van der Waals surface area contributed by atoms with Gasteiger partial charge in [-0.05, 0) is 92.2 Å². The van der Waals surface area contributed by atoms with Gasteiger partial charge in [0.25, 0.3) is 0 Å². The van der Waals surface area contributed by atoms with E-state index < -0.39 is 5.97 Å². The number of hydrogen-bond acceptors (Lipinski definition) is 4. The van der Waals surface area contributed by atoms with Crippen LogP contribution in [-0.4, -0.2) is 19.0 Å². The molecule has 0 aromatic heterocycles. The second-order valence-corrected chi connectivity index (χ2v) is 10.1. The highest BCUT2D eigenvalue weighted by Gasteiger charge is 2.55. The van der Waals surface area contributed by atoms with Gasteiger partial charge in [-0.1, -0.05) is 26.8 Å². The molecule has 4 heteroatoms. The molecule has 0 heterocycles. The fraction of sp³-hybridized carbons (Fsp3) is 0.680. The number of esters is 2. The van der Waals surface area contributed by atoms with E-state index in [0.717, 1.165) is 31.2 Å². The van der Waals surface area contributed by atoms with Gasteiger partial charge in [-0.15, -0.1) is 0 Å². The van der Waals surface area contributed by atoms with E-state index in [-0.39, 0.29) is 11.4 Å². The van der Waals surface area contributed by atoms with Crippen molar-refractivity contribution >= 4 is 11.9 Å². The minimum Gasteiger partial charge on any atom is -0.465 e. The zero-order valence-electron chi connectivity index (χ0n) is 18.2. The summed E-state index contributed by atoms with van der Waals surface area (Å²) in [6, 6.07) is 5.66. The molecule has 1 unspecified atom stereocenters. The van der Waals surface area contributed by atoms with E-state index in [1.807, 2.05) is 12.1 Å². The van der Waals surface area contributed by atoms with Crippen LogP contribution in [0.1, 0.15) is 87.6 Å². The van der Waals surface area contributed by atoms with Crippen molar-refractivity contribution < 1.29 is 19.1 Å². The number of methoxy groups -OCH3 is 1. The average molecular weight is 399 g/mol. The lowest BCUT2D eigenvalue weighted by Crippen LogP contribution is -2.51. The highest BCUT2D eigenvalue weighted by Crippen LogP contribution is 2.60. The fourth-order valence-electron chi connectivity index (χ4n) is 6.80. The van der Waals surface area contributed by atoms with E-state index in [1.54, 1.807) is 6.07 Å². The van der Waals surface area contributed by atoms with E-state index in [1.165, 1.54) is 26.4 Å². The van der Waals surface area contributed by atoms with Crippen LogP contribution in [0, 0.1) is 29.1 Å². The normalized spacial score (nSPS) is 31.0. The Kier molecular flexibility index (Phi) is 5.48. The summed E-state index contributed by atoms with van der Waals surface area (Å²) in [5.74, 6) is 2.61. The summed E-state index contributed by atoms with van der Waals surface area (Å²) in [4.78, 5) is 25.8. The third-order valence-corrected chi connectivity index (χ3v) is 7.76. The lowest BCUT2D eigenvalue weighted by molar-refractivity contribution is -0.161. The number of benzene rings is 1. The standard InChI is InChI=1S/C25H34O4/c1-5-20(15(2)3)19-6-7-22(21(11-19)23(26)28-4)29-24(27)25-12-16-8-17(13-25)10-18(9-16)14-25/h6-7,11,15-18,20H,5,8-10,12-14H2,1-4H3. The first-order chi connectivity index (χ1) is 13.8. The molecule has 4 aliphatic rings. The minimum absolute atomic E-state index is 0.134. The molecule has 0 radical (unpaired) electrons. The maximum atomic E-state index is 13.3. The van der Waals surface area contributed by atoms with Crippen LogP contribution >= 0.6 is 0 Å². The topological polar surface area (TPSA) is 52.6 Å². The molecular weight excluding hydrogens is 364 g/mol. The molecular formula is C25H34O4. The molecule has 4 aliphatic carbocycles. The first-order valence-corrected chi connectivity index (χ1v) is 11.3. The van der Waals surface area contributed by atoms with Crippen molar-refractivity contribution in [3.8, 4) is 5.75 Å². The van der Waals surface area contributed by atoms with Crippen LogP contribution in [0.5, 0.6) is 5.75 Å². The summed E-state index contributed by atoms with van der Waals surface area (Å²) in [6.45, 7) is 6.53. The van der Waals surface area contributed by atoms with Crippen molar-refractivity contribution in [2.45, 2.75) is 71.6 Å². The van der Waals surface area contributed by atoms with Crippen molar-refractivity contribution in [1.82, 2.24) is 0 Å². The Bertz CT molecular complexity index is 759. The lowest BCUT2D eigenvalue weighted by atomic mass is 9.49. The second kappa shape index (κ2) is 7.77. The van der Waals surface area contributed by atoms with Crippen molar-refractivity contribution in [2.75, 3.05) is 7.11 Å². The number of carbonyl (C=O) groups excluding carboxylic acids is 2. The van der Waals surface area contributed by atoms with Gasteiger partial charge in [-0.3, -0.25) is 4.79 Å². The fourth-order valence-corrected chi connectivity index (χ4v) is 6.80. The van der Waals surface area contributed by atoms with Crippen LogP contribution in [0.4, 0.5) is 0 Å². The van der Waals surface area contributed by atoms with E-state index in [2.05, 4.69) is 20.8 Å². The first-order valence-electron chi connectivity index (χ1n) is 11.3. The Morgan fingerprint density at radius 3 is 2.14 bits per heavy atom. The molecule has 4 fully saturated rings. The summed E-state index contributed by atoms with van der Waals surface area (Å²) < 4.78 is 10.9. The van der Waals surface area contributed by atoms with Gasteiger partial charge in [0.1, 0.15) is 11.3 Å². The molecule has 4 bridgehead atoms. The highest BCUT2D eigenvalue weighted by molar-refractivity contribution is 5.94. The van der Waals surface area contributed by atoms with Gasteiger partial charge < -0.3 is 9.47 Å². The summed E-state index contributed by atoms with van der Waals surface area (Å²) >= 11 is 0. The number of hydrogen-bond donors (Lipinski definition) is 0. The van der Waals surface area contributed by atoms with Gasteiger partial charge in [0.2, 0.25) is 0 Å². The van der Waals surface area contributed by atoms with Gasteiger partial charge in [-0.25, -0.2) is 4.79 Å². The van der Waals surface area contributed by atoms with Gasteiger partial charge in [0.05, 0.1) is 12.5 Å². The van der Waals surface area contributed by atoms with E-state index >= 15 is 0 Å². The Balaban J connectivity index is 1.61. The Hall–Kier alpha value is -1.84. The zero-order chi connectivity index (χ0) is 20.8. The minimum atomic E-state index is -0.446. The predicted molar refractivity (Wildman–Crippen MR) is 112 cm³/mol. The summed E-state index contributed by atoms with van der Waals surface area (Å²) in [7, 11) is 1.37. The highest BCUT2D eigenvalue weighted by atomic mass is 16.5.